The number of benzene rings is 1. The Bertz CT molecular complexity index is 1310. The molecular formula is C21H27N5O5S. The van der Waals surface area contributed by atoms with Crippen LogP contribution < -0.4 is 15.0 Å². The minimum atomic E-state index is -4.10. The Hall–Kier alpha value is -3.21. The van der Waals surface area contributed by atoms with Crippen molar-refractivity contribution >= 4 is 27.0 Å². The van der Waals surface area contributed by atoms with Crippen LogP contribution in [-0.2, 0) is 28.3 Å². The molecule has 1 amide bonds. The number of aromatic nitrogens is 4. The summed E-state index contributed by atoms with van der Waals surface area (Å²) in [6.45, 7) is 5.90. The maximum atomic E-state index is 12.8. The van der Waals surface area contributed by atoms with Crippen molar-refractivity contribution < 1.29 is 17.9 Å². The third kappa shape index (κ3) is 4.67. The van der Waals surface area contributed by atoms with Gasteiger partial charge in [-0.25, -0.2) is 18.1 Å². The largest absolute Gasteiger partial charge is 0.493 e. The van der Waals surface area contributed by atoms with Crippen LogP contribution in [0.25, 0.3) is 22.4 Å². The molecular weight excluding hydrogens is 434 g/mol. The van der Waals surface area contributed by atoms with Gasteiger partial charge in [0.15, 0.2) is 5.52 Å². The van der Waals surface area contributed by atoms with Gasteiger partial charge in [0.2, 0.25) is 5.91 Å². The number of carbonyl (C=O) groups excluding carboxylic acids is 1. The number of ether oxygens (including phenoxy) is 1. The minimum Gasteiger partial charge on any atom is -0.493 e. The number of sulfonamides is 1. The first-order valence-electron chi connectivity index (χ1n) is 10.5. The molecule has 0 unspecified atom stereocenters. The van der Waals surface area contributed by atoms with Crippen molar-refractivity contribution in [2.45, 2.75) is 51.3 Å². The lowest BCUT2D eigenvalue weighted by Crippen LogP contribution is -2.29. The van der Waals surface area contributed by atoms with Gasteiger partial charge >= 0.3 is 0 Å². The number of carbonyl (C=O) groups is 1. The quantitative estimate of drug-likeness (QED) is 0.499. The zero-order chi connectivity index (χ0) is 23.5. The second kappa shape index (κ2) is 9.51. The third-order valence-corrected chi connectivity index (χ3v) is 6.17. The highest BCUT2D eigenvalue weighted by atomic mass is 32.2. The summed E-state index contributed by atoms with van der Waals surface area (Å²) in [5.74, 6) is -0.0840. The van der Waals surface area contributed by atoms with E-state index in [4.69, 9.17) is 4.74 Å². The molecule has 3 aromatic rings. The predicted octanol–water partition coefficient (Wildman–Crippen LogP) is 2.28. The number of rotatable bonds is 9. The third-order valence-electron chi connectivity index (χ3n) is 4.80. The van der Waals surface area contributed by atoms with Crippen LogP contribution in [-0.4, -0.2) is 40.7 Å². The lowest BCUT2D eigenvalue weighted by atomic mass is 10.1. The van der Waals surface area contributed by atoms with Crippen LogP contribution >= 0.6 is 0 Å². The van der Waals surface area contributed by atoms with Crippen molar-refractivity contribution in [1.29, 1.82) is 0 Å². The second-order valence-electron chi connectivity index (χ2n) is 7.32. The number of nitrogens with zero attached hydrogens (tertiary/aromatic N) is 3. The van der Waals surface area contributed by atoms with E-state index in [1.165, 1.54) is 22.9 Å². The Morgan fingerprint density at radius 1 is 1.22 bits per heavy atom. The van der Waals surface area contributed by atoms with Crippen molar-refractivity contribution in [3.63, 3.8) is 0 Å². The maximum absolute atomic E-state index is 12.8. The van der Waals surface area contributed by atoms with Gasteiger partial charge in [-0.15, -0.1) is 0 Å². The van der Waals surface area contributed by atoms with Crippen molar-refractivity contribution in [3.8, 4) is 17.1 Å². The highest BCUT2D eigenvalue weighted by Crippen LogP contribution is 2.31. The number of H-pyrrole nitrogens is 1. The van der Waals surface area contributed by atoms with E-state index in [1.807, 2.05) is 18.6 Å². The van der Waals surface area contributed by atoms with E-state index in [2.05, 4.69) is 15.1 Å². The molecule has 2 aromatic heterocycles. The van der Waals surface area contributed by atoms with Crippen LogP contribution in [0.1, 0.15) is 45.7 Å². The normalized spacial score (nSPS) is 11.6. The number of hydrogen-bond donors (Lipinski definition) is 2. The van der Waals surface area contributed by atoms with Crippen LogP contribution in [0.4, 0.5) is 0 Å². The van der Waals surface area contributed by atoms with E-state index >= 15 is 0 Å². The van der Waals surface area contributed by atoms with Gasteiger partial charge in [0.1, 0.15) is 17.1 Å². The zero-order valence-electron chi connectivity index (χ0n) is 18.6. The van der Waals surface area contributed by atoms with Crippen molar-refractivity contribution in [3.05, 3.63) is 34.2 Å². The Morgan fingerprint density at radius 3 is 2.62 bits per heavy atom. The van der Waals surface area contributed by atoms with Gasteiger partial charge in [0, 0.05) is 13.5 Å². The van der Waals surface area contributed by atoms with Gasteiger partial charge in [-0.3, -0.25) is 14.3 Å². The van der Waals surface area contributed by atoms with Crippen LogP contribution in [0.5, 0.6) is 5.75 Å². The van der Waals surface area contributed by atoms with Crippen molar-refractivity contribution in [1.82, 2.24) is 24.5 Å². The molecule has 0 saturated carbocycles. The lowest BCUT2D eigenvalue weighted by molar-refractivity contribution is -0.119. The molecule has 0 aliphatic carbocycles. The van der Waals surface area contributed by atoms with Gasteiger partial charge in [-0.2, -0.15) is 5.10 Å². The standard InChI is InChI=1S/C21H27N5O5S/c1-5-8-15-18-19(26(4)24-15)21(28)23-20(22-18)14-12-13(9-10-16(14)31-11-6-2)32(29,30)25-17(27)7-3/h9-10,12H,5-8,11H2,1-4H3,(H,25,27)(H,22,23,28). The zero-order valence-corrected chi connectivity index (χ0v) is 19.4. The molecule has 3 rings (SSSR count). The molecule has 10 nitrogen and oxygen atoms in total. The average Bonchev–Trinajstić information content (AvgIpc) is 3.07. The summed E-state index contributed by atoms with van der Waals surface area (Å²) in [6.07, 6.45) is 2.23. The lowest BCUT2D eigenvalue weighted by Gasteiger charge is -2.13. The highest BCUT2D eigenvalue weighted by Gasteiger charge is 2.22. The Labute approximate surface area is 186 Å². The fraction of sp³-hybridized carbons (Fsp3) is 0.429. The van der Waals surface area contributed by atoms with Crippen molar-refractivity contribution in [2.75, 3.05) is 6.61 Å². The first-order valence-corrected chi connectivity index (χ1v) is 12.0. The second-order valence-corrected chi connectivity index (χ2v) is 9.00. The summed E-state index contributed by atoms with van der Waals surface area (Å²) < 4.78 is 34.6. The molecule has 2 N–H and O–H groups in total. The SMILES string of the molecule is CCCOc1ccc(S(=O)(=O)NC(=O)CC)cc1-c1nc2c(CCC)nn(C)c2c(=O)[nH]1. The fourth-order valence-electron chi connectivity index (χ4n) is 3.26. The summed E-state index contributed by atoms with van der Waals surface area (Å²) in [5, 5.41) is 4.41. The summed E-state index contributed by atoms with van der Waals surface area (Å²) >= 11 is 0. The molecule has 0 saturated heterocycles. The maximum Gasteiger partial charge on any atom is 0.277 e. The van der Waals surface area contributed by atoms with Gasteiger partial charge in [0.05, 0.1) is 22.8 Å². The molecule has 0 atom stereocenters. The van der Waals surface area contributed by atoms with Crippen LogP contribution in [0.3, 0.4) is 0 Å². The molecule has 2 heterocycles. The van der Waals surface area contributed by atoms with Gasteiger partial charge in [-0.05, 0) is 31.0 Å². The summed E-state index contributed by atoms with van der Waals surface area (Å²) in [6, 6.07) is 4.19. The monoisotopic (exact) mass is 461 g/mol. The van der Waals surface area contributed by atoms with Crippen LogP contribution in [0.15, 0.2) is 27.9 Å². The summed E-state index contributed by atoms with van der Waals surface area (Å²) in [4.78, 5) is 31.7. The molecule has 172 valence electrons. The molecule has 0 aliphatic heterocycles. The van der Waals surface area contributed by atoms with E-state index in [0.717, 1.165) is 12.8 Å². The van der Waals surface area contributed by atoms with Gasteiger partial charge < -0.3 is 9.72 Å². The van der Waals surface area contributed by atoms with Gasteiger partial charge in [0.25, 0.3) is 15.6 Å². The fourth-order valence-corrected chi connectivity index (χ4v) is 4.34. The van der Waals surface area contributed by atoms with Crippen molar-refractivity contribution in [2.24, 2.45) is 7.05 Å². The highest BCUT2D eigenvalue weighted by molar-refractivity contribution is 7.90. The first-order chi connectivity index (χ1) is 15.2. The average molecular weight is 462 g/mol. The number of amides is 1. The Morgan fingerprint density at radius 2 is 1.97 bits per heavy atom. The molecule has 11 heteroatoms. The van der Waals surface area contributed by atoms with Crippen LogP contribution in [0, 0.1) is 0 Å². The molecule has 32 heavy (non-hydrogen) atoms. The topological polar surface area (TPSA) is 136 Å². The van der Waals surface area contributed by atoms with E-state index in [0.29, 0.717) is 41.1 Å². The Balaban J connectivity index is 2.22. The van der Waals surface area contributed by atoms with E-state index in [9.17, 15) is 18.0 Å². The molecule has 0 bridgehead atoms. The summed E-state index contributed by atoms with van der Waals surface area (Å²) in [7, 11) is -2.42. The molecule has 0 radical (unpaired) electrons. The molecule has 0 spiro atoms. The number of aryl methyl sites for hydroxylation is 2. The first kappa shape index (κ1) is 23.5. The molecule has 1 aromatic carbocycles. The van der Waals surface area contributed by atoms with E-state index < -0.39 is 21.5 Å². The number of fused-ring (bicyclic) bond motifs is 1. The van der Waals surface area contributed by atoms with Crippen LogP contribution in [0.2, 0.25) is 0 Å². The van der Waals surface area contributed by atoms with E-state index in [1.54, 1.807) is 14.0 Å². The smallest absolute Gasteiger partial charge is 0.277 e. The Kier molecular flexibility index (Phi) is 6.97. The van der Waals surface area contributed by atoms with E-state index in [-0.39, 0.29) is 17.1 Å². The van der Waals surface area contributed by atoms with Gasteiger partial charge in [-0.1, -0.05) is 27.2 Å². The minimum absolute atomic E-state index is 0.0243. The predicted molar refractivity (Wildman–Crippen MR) is 120 cm³/mol. The molecule has 0 fully saturated rings. The molecule has 0 aliphatic rings. The number of hydrogen-bond acceptors (Lipinski definition) is 7. The number of aromatic amines is 1. The number of nitrogens with one attached hydrogen (secondary N) is 2. The summed E-state index contributed by atoms with van der Waals surface area (Å²) in [5.41, 5.74) is 1.40.